The first-order valence-corrected chi connectivity index (χ1v) is 12.3. The second-order valence-electron chi connectivity index (χ2n) is 8.52. The Balaban J connectivity index is 1.39. The predicted molar refractivity (Wildman–Crippen MR) is 143 cm³/mol. The number of fused-ring (bicyclic) bond motifs is 2. The minimum absolute atomic E-state index is 0.226. The van der Waals surface area contributed by atoms with E-state index in [9.17, 15) is 0 Å². The van der Waals surface area contributed by atoms with Gasteiger partial charge in [-0.2, -0.15) is 0 Å². The molecule has 3 aromatic heterocycles. The van der Waals surface area contributed by atoms with E-state index in [-0.39, 0.29) is 6.04 Å². The fourth-order valence-corrected chi connectivity index (χ4v) is 4.96. The first kappa shape index (κ1) is 21.3. The van der Waals surface area contributed by atoms with E-state index in [1.54, 1.807) is 11.3 Å². The third kappa shape index (κ3) is 4.11. The summed E-state index contributed by atoms with van der Waals surface area (Å²) < 4.78 is 9.22. The van der Waals surface area contributed by atoms with Gasteiger partial charge in [0.25, 0.3) is 0 Å². The molecule has 0 amide bonds. The maximum Gasteiger partial charge on any atom is 0.166 e. The molecule has 0 saturated heterocycles. The summed E-state index contributed by atoms with van der Waals surface area (Å²) in [6.45, 7) is 4.25. The van der Waals surface area contributed by atoms with Crippen LogP contribution in [-0.2, 0) is 0 Å². The van der Waals surface area contributed by atoms with Crippen LogP contribution in [0.15, 0.2) is 90.6 Å². The third-order valence-corrected chi connectivity index (χ3v) is 6.76. The van der Waals surface area contributed by atoms with Crippen LogP contribution in [0, 0.1) is 0 Å². The second-order valence-corrected chi connectivity index (χ2v) is 9.43. The monoisotopic (exact) mass is 477 g/mol. The Morgan fingerprint density at radius 2 is 1.60 bits per heavy atom. The average molecular weight is 478 g/mol. The quantitative estimate of drug-likeness (QED) is 0.265. The highest BCUT2D eigenvalue weighted by Gasteiger charge is 2.18. The van der Waals surface area contributed by atoms with Crippen LogP contribution in [0.3, 0.4) is 0 Å². The number of rotatable bonds is 6. The summed E-state index contributed by atoms with van der Waals surface area (Å²) in [6, 6.07) is 26.2. The van der Waals surface area contributed by atoms with Crippen molar-refractivity contribution in [3.05, 3.63) is 90.6 Å². The number of ether oxygens (including phenoxy) is 1. The number of aromatic nitrogens is 4. The van der Waals surface area contributed by atoms with Crippen LogP contribution in [0.25, 0.3) is 32.6 Å². The molecule has 3 heterocycles. The lowest BCUT2D eigenvalue weighted by Crippen LogP contribution is -2.03. The maximum atomic E-state index is 5.92. The summed E-state index contributed by atoms with van der Waals surface area (Å²) in [7, 11) is 0. The highest BCUT2D eigenvalue weighted by molar-refractivity contribution is 7.17. The van der Waals surface area contributed by atoms with E-state index in [4.69, 9.17) is 14.7 Å². The van der Waals surface area contributed by atoms with Gasteiger partial charge in [-0.1, -0.05) is 36.4 Å². The van der Waals surface area contributed by atoms with Crippen LogP contribution in [-0.4, -0.2) is 19.5 Å². The summed E-state index contributed by atoms with van der Waals surface area (Å²) in [5.41, 5.74) is 3.47. The fourth-order valence-electron chi connectivity index (χ4n) is 4.02. The largest absolute Gasteiger partial charge is 0.457 e. The van der Waals surface area contributed by atoms with E-state index in [1.807, 2.05) is 67.0 Å². The van der Waals surface area contributed by atoms with E-state index in [0.717, 1.165) is 39.3 Å². The number of hydrogen-bond donors (Lipinski definition) is 1. The number of nitrogens with zero attached hydrogens (tertiary/aromatic N) is 4. The number of anilines is 2. The van der Waals surface area contributed by atoms with Crippen molar-refractivity contribution in [2.45, 2.75) is 19.9 Å². The van der Waals surface area contributed by atoms with Gasteiger partial charge in [-0.05, 0) is 56.3 Å². The van der Waals surface area contributed by atoms with Gasteiger partial charge in [-0.3, -0.25) is 0 Å². The number of nitrogens with one attached hydrogen (secondary N) is 1. The maximum absolute atomic E-state index is 5.92. The van der Waals surface area contributed by atoms with E-state index >= 15 is 0 Å². The van der Waals surface area contributed by atoms with Gasteiger partial charge in [0.2, 0.25) is 0 Å². The Morgan fingerprint density at radius 3 is 2.40 bits per heavy atom. The van der Waals surface area contributed by atoms with Crippen molar-refractivity contribution < 1.29 is 4.74 Å². The van der Waals surface area contributed by atoms with E-state index in [0.29, 0.717) is 11.6 Å². The highest BCUT2D eigenvalue weighted by Crippen LogP contribution is 2.35. The van der Waals surface area contributed by atoms with Crippen molar-refractivity contribution in [2.24, 2.45) is 0 Å². The van der Waals surface area contributed by atoms with Crippen molar-refractivity contribution in [2.75, 3.05) is 5.32 Å². The predicted octanol–water partition coefficient (Wildman–Crippen LogP) is 7.82. The molecule has 0 spiro atoms. The van der Waals surface area contributed by atoms with Gasteiger partial charge in [0.15, 0.2) is 22.8 Å². The molecule has 1 N–H and O–H groups in total. The summed E-state index contributed by atoms with van der Waals surface area (Å²) in [5.74, 6) is 2.93. The topological polar surface area (TPSA) is 64.9 Å². The van der Waals surface area contributed by atoms with Crippen LogP contribution in [0.1, 0.15) is 19.9 Å². The molecule has 0 atom stereocenters. The molecule has 172 valence electrons. The molecular formula is C28H23N5OS. The molecule has 6 rings (SSSR count). The first-order valence-electron chi connectivity index (χ1n) is 11.5. The molecule has 0 bridgehead atoms. The standard InChI is InChI=1S/C28H23N5OS/c1-18(2)33-17-29-25-27(30-19-12-14-21(15-13-19)34-20-8-4-3-5-9-20)31-26(32-28(25)33)23-16-35-24-11-7-6-10-22(23)24/h3-18H,1-2H3,(H,30,31,32). The zero-order valence-corrected chi connectivity index (χ0v) is 20.2. The molecule has 7 heteroatoms. The minimum atomic E-state index is 0.226. The minimum Gasteiger partial charge on any atom is -0.457 e. The lowest BCUT2D eigenvalue weighted by atomic mass is 10.1. The van der Waals surface area contributed by atoms with Gasteiger partial charge in [0.1, 0.15) is 11.5 Å². The lowest BCUT2D eigenvalue weighted by Gasteiger charge is -2.12. The van der Waals surface area contributed by atoms with Crippen LogP contribution < -0.4 is 10.1 Å². The van der Waals surface area contributed by atoms with Gasteiger partial charge in [-0.15, -0.1) is 11.3 Å². The number of benzene rings is 3. The van der Waals surface area contributed by atoms with Gasteiger partial charge >= 0.3 is 0 Å². The van der Waals surface area contributed by atoms with Crippen molar-refractivity contribution in [3.63, 3.8) is 0 Å². The van der Waals surface area contributed by atoms with Crippen LogP contribution in [0.2, 0.25) is 0 Å². The van der Waals surface area contributed by atoms with E-state index in [1.165, 1.54) is 4.70 Å². The average Bonchev–Trinajstić information content (AvgIpc) is 3.51. The number of thiophene rings is 1. The molecule has 0 saturated carbocycles. The molecule has 0 unspecified atom stereocenters. The number of para-hydroxylation sites is 1. The lowest BCUT2D eigenvalue weighted by molar-refractivity contribution is 0.483. The molecule has 0 aliphatic carbocycles. The van der Waals surface area contributed by atoms with Gasteiger partial charge in [-0.25, -0.2) is 15.0 Å². The van der Waals surface area contributed by atoms with Crippen molar-refractivity contribution in [1.82, 2.24) is 19.5 Å². The Bertz CT molecular complexity index is 1620. The normalized spacial score (nSPS) is 11.4. The van der Waals surface area contributed by atoms with Gasteiger partial charge in [0, 0.05) is 32.8 Å². The summed E-state index contributed by atoms with van der Waals surface area (Å²) in [5, 5.41) is 6.74. The van der Waals surface area contributed by atoms with Crippen molar-refractivity contribution in [1.29, 1.82) is 0 Å². The third-order valence-electron chi connectivity index (χ3n) is 5.80. The Hall–Kier alpha value is -4.23. The summed E-state index contributed by atoms with van der Waals surface area (Å²) in [4.78, 5) is 14.5. The second kappa shape index (κ2) is 8.85. The fraction of sp³-hybridized carbons (Fsp3) is 0.107. The summed E-state index contributed by atoms with van der Waals surface area (Å²) >= 11 is 1.70. The smallest absolute Gasteiger partial charge is 0.166 e. The summed E-state index contributed by atoms with van der Waals surface area (Å²) in [6.07, 6.45) is 1.83. The van der Waals surface area contributed by atoms with Crippen molar-refractivity contribution >= 4 is 44.1 Å². The molecule has 6 aromatic rings. The molecular weight excluding hydrogens is 454 g/mol. The molecule has 35 heavy (non-hydrogen) atoms. The number of imidazole rings is 1. The highest BCUT2D eigenvalue weighted by atomic mass is 32.1. The van der Waals surface area contributed by atoms with Gasteiger partial charge in [0.05, 0.1) is 6.33 Å². The van der Waals surface area contributed by atoms with E-state index < -0.39 is 0 Å². The SMILES string of the molecule is CC(C)n1cnc2c(Nc3ccc(Oc4ccccc4)cc3)nc(-c3csc4ccccc34)nc21. The van der Waals surface area contributed by atoms with Crippen LogP contribution >= 0.6 is 11.3 Å². The van der Waals surface area contributed by atoms with Crippen LogP contribution in [0.4, 0.5) is 11.5 Å². The molecule has 0 aliphatic rings. The van der Waals surface area contributed by atoms with Crippen molar-refractivity contribution in [3.8, 4) is 22.9 Å². The van der Waals surface area contributed by atoms with Crippen LogP contribution in [0.5, 0.6) is 11.5 Å². The Morgan fingerprint density at radius 1 is 0.857 bits per heavy atom. The zero-order chi connectivity index (χ0) is 23.8. The zero-order valence-electron chi connectivity index (χ0n) is 19.3. The number of hydrogen-bond acceptors (Lipinski definition) is 6. The molecule has 0 fully saturated rings. The molecule has 6 nitrogen and oxygen atoms in total. The molecule has 3 aromatic carbocycles. The van der Waals surface area contributed by atoms with Gasteiger partial charge < -0.3 is 14.6 Å². The molecule has 0 radical (unpaired) electrons. The Labute approximate surface area is 206 Å². The Kier molecular flexibility index (Phi) is 5.39. The molecule has 0 aliphatic heterocycles. The van der Waals surface area contributed by atoms with E-state index in [2.05, 4.69) is 52.3 Å². The first-order chi connectivity index (χ1) is 17.2.